The highest BCUT2D eigenvalue weighted by molar-refractivity contribution is 5.80. The molecule has 1 aromatic rings. The second-order valence-electron chi connectivity index (χ2n) is 6.88. The number of hydrogen-bond acceptors (Lipinski definition) is 3. The number of nitrogens with one attached hydrogen (secondary N) is 1. The number of phenolic OH excluding ortho intramolecular Hbond substituents is 1. The van der Waals surface area contributed by atoms with Gasteiger partial charge in [0.25, 0.3) is 0 Å². The standard InChI is InChI=1S/C19H30N4O/c1-20-19(21-11-4-5-16-6-8-18(24)9-7-16)23-14-10-17(15-23)22-12-2-3-13-22/h6-9,17,24H,2-5,10-15H2,1H3,(H,20,21). The van der Waals surface area contributed by atoms with Crippen molar-refractivity contribution in [3.05, 3.63) is 29.8 Å². The summed E-state index contributed by atoms with van der Waals surface area (Å²) in [6.45, 7) is 5.70. The van der Waals surface area contributed by atoms with E-state index < -0.39 is 0 Å². The van der Waals surface area contributed by atoms with Gasteiger partial charge in [-0.2, -0.15) is 0 Å². The molecule has 2 fully saturated rings. The number of rotatable bonds is 5. The van der Waals surface area contributed by atoms with Crippen molar-refractivity contribution in [1.29, 1.82) is 0 Å². The van der Waals surface area contributed by atoms with Crippen LogP contribution in [0.5, 0.6) is 5.75 Å². The van der Waals surface area contributed by atoms with E-state index in [2.05, 4.69) is 20.1 Å². The van der Waals surface area contributed by atoms with Gasteiger partial charge in [0.15, 0.2) is 5.96 Å². The molecular formula is C19H30N4O. The fraction of sp³-hybridized carbons (Fsp3) is 0.632. The molecule has 0 bridgehead atoms. The first-order chi connectivity index (χ1) is 11.8. The van der Waals surface area contributed by atoms with Crippen LogP contribution in [0.1, 0.15) is 31.2 Å². The number of likely N-dealkylation sites (tertiary alicyclic amines) is 2. The number of phenols is 1. The summed E-state index contributed by atoms with van der Waals surface area (Å²) < 4.78 is 0. The van der Waals surface area contributed by atoms with Crippen molar-refractivity contribution in [3.8, 4) is 5.75 Å². The largest absolute Gasteiger partial charge is 0.508 e. The normalized spacial score (nSPS) is 22.3. The molecule has 2 heterocycles. The van der Waals surface area contributed by atoms with Crippen LogP contribution in [0.25, 0.3) is 0 Å². The molecule has 2 saturated heterocycles. The van der Waals surface area contributed by atoms with Gasteiger partial charge in [-0.1, -0.05) is 12.1 Å². The topological polar surface area (TPSA) is 51.1 Å². The van der Waals surface area contributed by atoms with Crippen LogP contribution in [0.3, 0.4) is 0 Å². The van der Waals surface area contributed by atoms with E-state index in [4.69, 9.17) is 0 Å². The first-order valence-electron chi connectivity index (χ1n) is 9.24. The maximum atomic E-state index is 9.32. The van der Waals surface area contributed by atoms with Crippen LogP contribution in [0, 0.1) is 0 Å². The predicted octanol–water partition coefficient (Wildman–Crippen LogP) is 2.07. The Labute approximate surface area is 145 Å². The van der Waals surface area contributed by atoms with E-state index in [1.165, 1.54) is 37.9 Å². The van der Waals surface area contributed by atoms with Gasteiger partial charge in [-0.25, -0.2) is 0 Å². The molecule has 0 amide bonds. The van der Waals surface area contributed by atoms with Crippen molar-refractivity contribution >= 4 is 5.96 Å². The molecule has 1 aromatic carbocycles. The van der Waals surface area contributed by atoms with Crippen molar-refractivity contribution < 1.29 is 5.11 Å². The zero-order chi connectivity index (χ0) is 16.8. The van der Waals surface area contributed by atoms with Gasteiger partial charge >= 0.3 is 0 Å². The lowest BCUT2D eigenvalue weighted by molar-refractivity contribution is 0.249. The number of nitrogens with zero attached hydrogens (tertiary/aromatic N) is 3. The highest BCUT2D eigenvalue weighted by Gasteiger charge is 2.30. The summed E-state index contributed by atoms with van der Waals surface area (Å²) in [5.74, 6) is 1.38. The minimum Gasteiger partial charge on any atom is -0.508 e. The Balaban J connectivity index is 1.39. The maximum Gasteiger partial charge on any atom is 0.193 e. The maximum absolute atomic E-state index is 9.32. The van der Waals surface area contributed by atoms with Gasteiger partial charge in [0.1, 0.15) is 5.75 Å². The predicted molar refractivity (Wildman–Crippen MR) is 98.6 cm³/mol. The van der Waals surface area contributed by atoms with E-state index in [-0.39, 0.29) is 0 Å². The summed E-state index contributed by atoms with van der Waals surface area (Å²) in [5.41, 5.74) is 1.26. The molecule has 5 nitrogen and oxygen atoms in total. The van der Waals surface area contributed by atoms with E-state index in [0.29, 0.717) is 11.8 Å². The fourth-order valence-electron chi connectivity index (χ4n) is 3.83. The summed E-state index contributed by atoms with van der Waals surface area (Å²) in [6, 6.07) is 8.20. The van der Waals surface area contributed by atoms with Crippen LogP contribution in [-0.4, -0.2) is 66.7 Å². The van der Waals surface area contributed by atoms with Gasteiger partial charge in [0.2, 0.25) is 0 Å². The summed E-state index contributed by atoms with van der Waals surface area (Å²) in [7, 11) is 1.88. The van der Waals surface area contributed by atoms with E-state index in [1.807, 2.05) is 19.2 Å². The van der Waals surface area contributed by atoms with E-state index in [0.717, 1.165) is 38.4 Å². The Morgan fingerprint density at radius 3 is 2.67 bits per heavy atom. The van der Waals surface area contributed by atoms with Gasteiger partial charge in [-0.05, 0) is 62.9 Å². The molecule has 0 spiro atoms. The van der Waals surface area contributed by atoms with Crippen LogP contribution in [-0.2, 0) is 6.42 Å². The molecule has 0 radical (unpaired) electrons. The van der Waals surface area contributed by atoms with E-state index in [1.54, 1.807) is 12.1 Å². The summed E-state index contributed by atoms with van der Waals surface area (Å²) in [4.78, 5) is 9.52. The summed E-state index contributed by atoms with van der Waals surface area (Å²) in [5, 5.41) is 12.8. The third-order valence-electron chi connectivity index (χ3n) is 5.19. The van der Waals surface area contributed by atoms with E-state index in [9.17, 15) is 5.11 Å². The minimum atomic E-state index is 0.332. The Kier molecular flexibility index (Phi) is 5.96. The Hall–Kier alpha value is -1.75. The fourth-order valence-corrected chi connectivity index (χ4v) is 3.83. The quantitative estimate of drug-likeness (QED) is 0.493. The lowest BCUT2D eigenvalue weighted by Gasteiger charge is -2.25. The summed E-state index contributed by atoms with van der Waals surface area (Å²) >= 11 is 0. The summed E-state index contributed by atoms with van der Waals surface area (Å²) in [6.07, 6.45) is 6.06. The van der Waals surface area contributed by atoms with Crippen LogP contribution in [0.4, 0.5) is 0 Å². The van der Waals surface area contributed by atoms with Gasteiger partial charge in [0.05, 0.1) is 0 Å². The number of guanidine groups is 1. The smallest absolute Gasteiger partial charge is 0.193 e. The third-order valence-corrected chi connectivity index (χ3v) is 5.19. The minimum absolute atomic E-state index is 0.332. The Morgan fingerprint density at radius 1 is 1.21 bits per heavy atom. The Bertz CT molecular complexity index is 537. The van der Waals surface area contributed by atoms with Crippen molar-refractivity contribution in [3.63, 3.8) is 0 Å². The highest BCUT2D eigenvalue weighted by atomic mass is 16.3. The SMILES string of the molecule is CN=C(NCCCc1ccc(O)cc1)N1CCC(N2CCCC2)C1. The van der Waals surface area contributed by atoms with Gasteiger partial charge in [-0.15, -0.1) is 0 Å². The number of hydrogen-bond donors (Lipinski definition) is 2. The van der Waals surface area contributed by atoms with Crippen molar-refractivity contribution in [2.75, 3.05) is 39.8 Å². The van der Waals surface area contributed by atoms with Crippen LogP contribution < -0.4 is 5.32 Å². The van der Waals surface area contributed by atoms with Crippen molar-refractivity contribution in [2.45, 2.75) is 38.1 Å². The lowest BCUT2D eigenvalue weighted by atomic mass is 10.1. The first-order valence-corrected chi connectivity index (χ1v) is 9.24. The van der Waals surface area contributed by atoms with Crippen LogP contribution in [0.2, 0.25) is 0 Å². The van der Waals surface area contributed by atoms with Gasteiger partial charge in [-0.3, -0.25) is 9.89 Å². The molecule has 0 aliphatic carbocycles. The zero-order valence-corrected chi connectivity index (χ0v) is 14.7. The molecular weight excluding hydrogens is 300 g/mol. The molecule has 2 aliphatic heterocycles. The lowest BCUT2D eigenvalue weighted by Crippen LogP contribution is -2.43. The Morgan fingerprint density at radius 2 is 1.96 bits per heavy atom. The zero-order valence-electron chi connectivity index (χ0n) is 14.7. The molecule has 2 aliphatic rings. The molecule has 24 heavy (non-hydrogen) atoms. The highest BCUT2D eigenvalue weighted by Crippen LogP contribution is 2.20. The number of benzene rings is 1. The molecule has 3 rings (SSSR count). The average Bonchev–Trinajstić information content (AvgIpc) is 3.28. The average molecular weight is 330 g/mol. The number of aliphatic imine (C=N–C) groups is 1. The monoisotopic (exact) mass is 330 g/mol. The molecule has 2 N–H and O–H groups in total. The molecule has 1 unspecified atom stereocenters. The number of aromatic hydroxyl groups is 1. The van der Waals surface area contributed by atoms with E-state index >= 15 is 0 Å². The molecule has 0 aromatic heterocycles. The van der Waals surface area contributed by atoms with Gasteiger partial charge < -0.3 is 15.3 Å². The molecule has 1 atom stereocenters. The number of aryl methyl sites for hydroxylation is 1. The second kappa shape index (κ2) is 8.38. The van der Waals surface area contributed by atoms with Crippen LogP contribution in [0.15, 0.2) is 29.3 Å². The van der Waals surface area contributed by atoms with Gasteiger partial charge in [0, 0.05) is 32.7 Å². The van der Waals surface area contributed by atoms with Crippen LogP contribution >= 0.6 is 0 Å². The molecule has 0 saturated carbocycles. The molecule has 5 heteroatoms. The third kappa shape index (κ3) is 4.41. The van der Waals surface area contributed by atoms with Crippen molar-refractivity contribution in [1.82, 2.24) is 15.1 Å². The first kappa shape index (κ1) is 17.1. The second-order valence-corrected chi connectivity index (χ2v) is 6.88. The van der Waals surface area contributed by atoms with Crippen molar-refractivity contribution in [2.24, 2.45) is 4.99 Å². The molecule has 132 valence electrons.